The van der Waals surface area contributed by atoms with E-state index in [4.69, 9.17) is 24.1 Å². The molecular weight excluding hydrogens is 216 g/mol. The predicted molar refractivity (Wildman–Crippen MR) is 55.0 cm³/mol. The molecule has 1 fully saturated rings. The predicted octanol–water partition coefficient (Wildman–Crippen LogP) is -0.869. The fourth-order valence-electron chi connectivity index (χ4n) is 1.96. The topological polar surface area (TPSA) is 77.4 Å². The maximum absolute atomic E-state index is 9.69. The van der Waals surface area contributed by atoms with Crippen LogP contribution in [-0.4, -0.2) is 68.4 Å². The molecule has 0 saturated carbocycles. The van der Waals surface area contributed by atoms with Gasteiger partial charge in [0.2, 0.25) is 0 Å². The normalized spacial score (nSPS) is 39.9. The van der Waals surface area contributed by atoms with E-state index >= 15 is 0 Å². The van der Waals surface area contributed by atoms with Gasteiger partial charge in [-0.25, -0.2) is 0 Å². The molecule has 1 aliphatic rings. The first kappa shape index (κ1) is 13.8. The lowest BCUT2D eigenvalue weighted by Gasteiger charge is -2.42. The van der Waals surface area contributed by atoms with Gasteiger partial charge < -0.3 is 29.2 Å². The van der Waals surface area contributed by atoms with Crippen molar-refractivity contribution in [2.75, 3.05) is 27.4 Å². The summed E-state index contributed by atoms with van der Waals surface area (Å²) in [4.78, 5) is 0. The van der Waals surface area contributed by atoms with Crippen molar-refractivity contribution >= 4 is 0 Å². The Hall–Kier alpha value is -0.240. The Kier molecular flexibility index (Phi) is 5.60. The molecule has 0 aliphatic carbocycles. The molecule has 1 saturated heterocycles. The first-order valence-corrected chi connectivity index (χ1v) is 5.31. The van der Waals surface area contributed by atoms with Gasteiger partial charge in [-0.2, -0.15) is 0 Å². The third-order valence-electron chi connectivity index (χ3n) is 2.69. The number of hydrogen-bond acceptors (Lipinski definition) is 6. The number of methoxy groups -OCH3 is 2. The van der Waals surface area contributed by atoms with Crippen LogP contribution in [0.5, 0.6) is 0 Å². The molecule has 0 amide bonds. The molecule has 0 radical (unpaired) electrons. The van der Waals surface area contributed by atoms with Crippen LogP contribution in [-0.2, 0) is 18.9 Å². The van der Waals surface area contributed by atoms with Crippen molar-refractivity contribution in [2.24, 2.45) is 0 Å². The SMILES string of the molecule is CCOC1[C@H](OC)C(CO)O[C@@H](O)[C@H]1OC. The highest BCUT2D eigenvalue weighted by Gasteiger charge is 2.46. The molecule has 5 atom stereocenters. The number of rotatable bonds is 5. The minimum atomic E-state index is -1.12. The van der Waals surface area contributed by atoms with Crippen LogP contribution < -0.4 is 0 Å². The van der Waals surface area contributed by atoms with E-state index in [1.807, 2.05) is 6.92 Å². The number of hydrogen-bond donors (Lipinski definition) is 2. The van der Waals surface area contributed by atoms with Gasteiger partial charge in [0.05, 0.1) is 6.61 Å². The highest BCUT2D eigenvalue weighted by Crippen LogP contribution is 2.26. The van der Waals surface area contributed by atoms with Gasteiger partial charge in [0.15, 0.2) is 6.29 Å². The van der Waals surface area contributed by atoms with Gasteiger partial charge in [0.25, 0.3) is 0 Å². The Morgan fingerprint density at radius 2 is 1.75 bits per heavy atom. The summed E-state index contributed by atoms with van der Waals surface area (Å²) in [6.45, 7) is 2.07. The number of aliphatic hydroxyl groups is 2. The summed E-state index contributed by atoms with van der Waals surface area (Å²) in [7, 11) is 2.97. The Morgan fingerprint density at radius 1 is 1.12 bits per heavy atom. The fourth-order valence-corrected chi connectivity index (χ4v) is 1.96. The molecule has 6 nitrogen and oxygen atoms in total. The molecule has 6 heteroatoms. The lowest BCUT2D eigenvalue weighted by Crippen LogP contribution is -2.60. The lowest BCUT2D eigenvalue weighted by atomic mass is 9.98. The Bertz CT molecular complexity index is 200. The Labute approximate surface area is 95.1 Å². The van der Waals surface area contributed by atoms with Gasteiger partial charge >= 0.3 is 0 Å². The minimum Gasteiger partial charge on any atom is -0.394 e. The highest BCUT2D eigenvalue weighted by molar-refractivity contribution is 4.91. The Balaban J connectivity index is 2.81. The summed E-state index contributed by atoms with van der Waals surface area (Å²) in [5, 5.41) is 18.8. The maximum Gasteiger partial charge on any atom is 0.184 e. The van der Waals surface area contributed by atoms with Crippen LogP contribution in [0.15, 0.2) is 0 Å². The lowest BCUT2D eigenvalue weighted by molar-refractivity contribution is -0.302. The second kappa shape index (κ2) is 6.48. The minimum absolute atomic E-state index is 0.241. The molecule has 0 spiro atoms. The second-order valence-electron chi connectivity index (χ2n) is 3.57. The second-order valence-corrected chi connectivity index (χ2v) is 3.57. The van der Waals surface area contributed by atoms with Gasteiger partial charge in [0, 0.05) is 20.8 Å². The van der Waals surface area contributed by atoms with Gasteiger partial charge in [-0.05, 0) is 6.92 Å². The van der Waals surface area contributed by atoms with Gasteiger partial charge in [-0.1, -0.05) is 0 Å². The van der Waals surface area contributed by atoms with Crippen molar-refractivity contribution in [1.82, 2.24) is 0 Å². The highest BCUT2D eigenvalue weighted by atomic mass is 16.7. The standard InChI is InChI=1S/C10H20O6/c1-4-15-8-7(13-2)6(5-11)16-10(12)9(8)14-3/h6-12H,4-5H2,1-3H3/t6?,7-,8?,9+,10-/m1/s1. The molecule has 2 N–H and O–H groups in total. The van der Waals surface area contributed by atoms with E-state index in [2.05, 4.69) is 0 Å². The summed E-state index contributed by atoms with van der Waals surface area (Å²) < 4.78 is 21.1. The van der Waals surface area contributed by atoms with Crippen LogP contribution in [0.4, 0.5) is 0 Å². The average molecular weight is 236 g/mol. The number of ether oxygens (including phenoxy) is 4. The van der Waals surface area contributed by atoms with E-state index in [-0.39, 0.29) is 6.61 Å². The van der Waals surface area contributed by atoms with Crippen molar-refractivity contribution in [3.8, 4) is 0 Å². The first-order chi connectivity index (χ1) is 7.69. The summed E-state index contributed by atoms with van der Waals surface area (Å²) in [6.07, 6.45) is -3.26. The molecule has 0 aromatic heterocycles. The molecule has 1 aliphatic heterocycles. The summed E-state index contributed by atoms with van der Waals surface area (Å²) >= 11 is 0. The van der Waals surface area contributed by atoms with Crippen molar-refractivity contribution in [1.29, 1.82) is 0 Å². The fraction of sp³-hybridized carbons (Fsp3) is 1.00. The Morgan fingerprint density at radius 3 is 2.19 bits per heavy atom. The summed E-state index contributed by atoms with van der Waals surface area (Å²) in [5.41, 5.74) is 0. The molecular formula is C10H20O6. The summed E-state index contributed by atoms with van der Waals surface area (Å²) in [6, 6.07) is 0. The largest absolute Gasteiger partial charge is 0.394 e. The van der Waals surface area contributed by atoms with Crippen molar-refractivity contribution < 1.29 is 29.2 Å². The summed E-state index contributed by atoms with van der Waals surface area (Å²) in [5.74, 6) is 0. The van der Waals surface area contributed by atoms with Crippen LogP contribution in [0.25, 0.3) is 0 Å². The van der Waals surface area contributed by atoms with E-state index in [9.17, 15) is 5.11 Å². The van der Waals surface area contributed by atoms with Crippen molar-refractivity contribution in [3.63, 3.8) is 0 Å². The molecule has 1 heterocycles. The van der Waals surface area contributed by atoms with Crippen LogP contribution in [0.3, 0.4) is 0 Å². The zero-order valence-corrected chi connectivity index (χ0v) is 9.83. The molecule has 2 unspecified atom stereocenters. The van der Waals surface area contributed by atoms with Crippen molar-refractivity contribution in [3.05, 3.63) is 0 Å². The third-order valence-corrected chi connectivity index (χ3v) is 2.69. The molecule has 0 bridgehead atoms. The first-order valence-electron chi connectivity index (χ1n) is 5.31. The smallest absolute Gasteiger partial charge is 0.184 e. The van der Waals surface area contributed by atoms with Gasteiger partial charge in [-0.15, -0.1) is 0 Å². The van der Waals surface area contributed by atoms with Gasteiger partial charge in [0.1, 0.15) is 24.4 Å². The van der Waals surface area contributed by atoms with E-state index in [1.165, 1.54) is 14.2 Å². The number of aliphatic hydroxyl groups excluding tert-OH is 2. The average Bonchev–Trinajstić information content (AvgIpc) is 2.29. The van der Waals surface area contributed by atoms with Crippen LogP contribution in [0.1, 0.15) is 6.92 Å². The van der Waals surface area contributed by atoms with Crippen LogP contribution in [0, 0.1) is 0 Å². The van der Waals surface area contributed by atoms with E-state index in [1.54, 1.807) is 0 Å². The maximum atomic E-state index is 9.69. The van der Waals surface area contributed by atoms with Gasteiger partial charge in [-0.3, -0.25) is 0 Å². The molecule has 0 aromatic rings. The quantitative estimate of drug-likeness (QED) is 0.646. The van der Waals surface area contributed by atoms with Crippen LogP contribution >= 0.6 is 0 Å². The van der Waals surface area contributed by atoms with E-state index in [0.29, 0.717) is 6.61 Å². The van der Waals surface area contributed by atoms with Crippen molar-refractivity contribution in [2.45, 2.75) is 37.6 Å². The van der Waals surface area contributed by atoms with E-state index < -0.39 is 30.7 Å². The molecule has 1 rings (SSSR count). The zero-order valence-electron chi connectivity index (χ0n) is 9.83. The molecule has 0 aromatic carbocycles. The monoisotopic (exact) mass is 236 g/mol. The third kappa shape index (κ3) is 2.71. The van der Waals surface area contributed by atoms with Crippen LogP contribution in [0.2, 0.25) is 0 Å². The zero-order chi connectivity index (χ0) is 12.1. The molecule has 96 valence electrons. The molecule has 16 heavy (non-hydrogen) atoms. The van der Waals surface area contributed by atoms with E-state index in [0.717, 1.165) is 0 Å².